The Morgan fingerprint density at radius 1 is 0.638 bits per heavy atom. The van der Waals surface area contributed by atoms with Crippen molar-refractivity contribution in [2.24, 2.45) is 0 Å². The van der Waals surface area contributed by atoms with Gasteiger partial charge in [-0.15, -0.1) is 0 Å². The zero-order chi connectivity index (χ0) is 49.8. The van der Waals surface area contributed by atoms with Gasteiger partial charge in [-0.1, -0.05) is 12.1 Å². The molecule has 1 N–H and O–H groups in total. The highest BCUT2D eigenvalue weighted by molar-refractivity contribution is 5.94. The first-order chi connectivity index (χ1) is 32.7. The molecule has 13 nitrogen and oxygen atoms in total. The molecular formula is C50H63F6N9O4. The average Bonchev–Trinajstić information content (AvgIpc) is 3.33. The largest absolute Gasteiger partial charge is 0.508 e. The van der Waals surface area contributed by atoms with Crippen LogP contribution in [0.15, 0.2) is 49.1 Å². The fraction of sp³-hybridized carbons (Fsp3) is 0.560. The number of alkyl halides is 6. The van der Waals surface area contributed by atoms with Crippen LogP contribution in [0, 0.1) is 27.7 Å². The van der Waals surface area contributed by atoms with E-state index in [4.69, 9.17) is 4.74 Å². The first kappa shape index (κ1) is 51.5. The number of halogens is 6. The Labute approximate surface area is 399 Å². The van der Waals surface area contributed by atoms with E-state index in [9.17, 15) is 41.0 Å². The lowest BCUT2D eigenvalue weighted by atomic mass is 9.86. The number of carbonyl (C=O) groups is 2. The Morgan fingerprint density at radius 2 is 1.09 bits per heavy atom. The maximum Gasteiger partial charge on any atom is 0.451 e. The number of amides is 2. The Kier molecular flexibility index (Phi) is 16.2. The number of carbonyl (C=O) groups excluding carboxylic acids is 2. The van der Waals surface area contributed by atoms with Gasteiger partial charge in [0.05, 0.1) is 17.7 Å². The molecule has 2 aromatic heterocycles. The number of rotatable bonds is 10. The van der Waals surface area contributed by atoms with Gasteiger partial charge in [0.25, 0.3) is 11.8 Å². The number of aromatic hydroxyl groups is 1. The van der Waals surface area contributed by atoms with Crippen molar-refractivity contribution in [2.45, 2.75) is 116 Å². The third-order valence-electron chi connectivity index (χ3n) is 14.3. The van der Waals surface area contributed by atoms with Crippen molar-refractivity contribution in [1.29, 1.82) is 0 Å². The van der Waals surface area contributed by atoms with Gasteiger partial charge in [0.1, 0.15) is 11.5 Å². The molecule has 4 aliphatic heterocycles. The maximum absolute atomic E-state index is 13.0. The fourth-order valence-electron chi connectivity index (χ4n) is 10.3. The van der Waals surface area contributed by atoms with Crippen molar-refractivity contribution in [3.05, 3.63) is 105 Å². The third-order valence-corrected chi connectivity index (χ3v) is 14.3. The molecule has 4 aliphatic rings. The maximum atomic E-state index is 13.0. The molecule has 0 spiro atoms. The molecule has 0 aliphatic carbocycles. The minimum atomic E-state index is -4.63. The number of hydrogen-bond donors (Lipinski definition) is 1. The van der Waals surface area contributed by atoms with Gasteiger partial charge in [-0.25, -0.2) is 19.9 Å². The van der Waals surface area contributed by atoms with Crippen LogP contribution >= 0.6 is 0 Å². The summed E-state index contributed by atoms with van der Waals surface area (Å²) in [6, 6.07) is 8.90. The zero-order valence-corrected chi connectivity index (χ0v) is 40.2. The third kappa shape index (κ3) is 12.0. The summed E-state index contributed by atoms with van der Waals surface area (Å²) in [7, 11) is 4.16. The molecule has 374 valence electrons. The number of piperidine rings is 2. The summed E-state index contributed by atoms with van der Waals surface area (Å²) >= 11 is 0. The van der Waals surface area contributed by atoms with Crippen molar-refractivity contribution in [1.82, 2.24) is 44.4 Å². The van der Waals surface area contributed by atoms with Crippen LogP contribution in [0.4, 0.5) is 26.3 Å². The van der Waals surface area contributed by atoms with E-state index in [1.165, 1.54) is 22.3 Å². The second-order valence-corrected chi connectivity index (χ2v) is 19.0. The van der Waals surface area contributed by atoms with Gasteiger partial charge >= 0.3 is 12.4 Å². The van der Waals surface area contributed by atoms with Crippen molar-refractivity contribution < 1.29 is 45.8 Å². The summed E-state index contributed by atoms with van der Waals surface area (Å²) in [6.45, 7) is 13.5. The number of aromatic nitrogens is 4. The molecule has 4 saturated heterocycles. The predicted molar refractivity (Wildman–Crippen MR) is 247 cm³/mol. The van der Waals surface area contributed by atoms with Gasteiger partial charge in [-0.05, 0) is 145 Å². The van der Waals surface area contributed by atoms with E-state index in [2.05, 4.69) is 74.7 Å². The van der Waals surface area contributed by atoms with Crippen molar-refractivity contribution in [3.8, 4) is 11.5 Å². The number of phenolic OH excluding ortho intramolecular Hbond substituents is 1. The van der Waals surface area contributed by atoms with Crippen molar-refractivity contribution >= 4 is 11.8 Å². The number of hydrogen-bond acceptors (Lipinski definition) is 11. The Morgan fingerprint density at radius 3 is 1.54 bits per heavy atom. The molecule has 4 fully saturated rings. The van der Waals surface area contributed by atoms with E-state index in [0.717, 1.165) is 99.6 Å². The van der Waals surface area contributed by atoms with E-state index < -0.39 is 24.0 Å². The van der Waals surface area contributed by atoms with Crippen LogP contribution in [-0.4, -0.2) is 140 Å². The average molecular weight is 968 g/mol. The zero-order valence-electron chi connectivity index (χ0n) is 40.2. The minimum absolute atomic E-state index is 0.0683. The Bertz CT molecular complexity index is 2420. The number of piperazine rings is 2. The minimum Gasteiger partial charge on any atom is -0.508 e. The molecule has 0 radical (unpaired) electrons. The van der Waals surface area contributed by atoms with E-state index in [1.807, 2.05) is 19.9 Å². The summed E-state index contributed by atoms with van der Waals surface area (Å²) in [5.74, 6) is -1.91. The van der Waals surface area contributed by atoms with Crippen LogP contribution in [0.3, 0.4) is 0 Å². The van der Waals surface area contributed by atoms with Gasteiger partial charge < -0.3 is 24.5 Å². The SMILES string of the molecule is Cc1c(O)ccc([C@H]2CCC[C@H]3CN(C(=O)c4cnc(C(F)(F)F)nc4)CCN32)c1C.Cc1c(OCCCCN(C)C)ccc([C@H]2CCC[C@H]3CN(C(=O)c4cnc(C(F)(F)F)nc4)CCN32)c1C. The highest BCUT2D eigenvalue weighted by atomic mass is 19.4. The number of benzene rings is 2. The molecule has 8 rings (SSSR count). The first-order valence-corrected chi connectivity index (χ1v) is 23.8. The molecule has 0 bridgehead atoms. The molecular weight excluding hydrogens is 905 g/mol. The van der Waals surface area contributed by atoms with Gasteiger partial charge in [-0.3, -0.25) is 19.4 Å². The molecule has 2 amide bonds. The van der Waals surface area contributed by atoms with E-state index >= 15 is 0 Å². The Balaban J connectivity index is 0.000000208. The molecule has 19 heteroatoms. The number of phenols is 1. The number of fused-ring (bicyclic) bond motifs is 2. The van der Waals surface area contributed by atoms with Crippen LogP contribution in [0.1, 0.15) is 129 Å². The quantitative estimate of drug-likeness (QED) is 0.121. The lowest BCUT2D eigenvalue weighted by molar-refractivity contribution is -0.145. The van der Waals surface area contributed by atoms with Crippen LogP contribution in [0.25, 0.3) is 0 Å². The predicted octanol–water partition coefficient (Wildman–Crippen LogP) is 8.75. The summed E-state index contributed by atoms with van der Waals surface area (Å²) < 4.78 is 82.5. The summed E-state index contributed by atoms with van der Waals surface area (Å²) in [4.78, 5) is 49.7. The van der Waals surface area contributed by atoms with E-state index in [-0.39, 0.29) is 47.1 Å². The summed E-state index contributed by atoms with van der Waals surface area (Å²) in [5.41, 5.74) is 7.07. The first-order valence-electron chi connectivity index (χ1n) is 23.8. The number of ether oxygens (including phenoxy) is 1. The highest BCUT2D eigenvalue weighted by Crippen LogP contribution is 2.41. The van der Waals surface area contributed by atoms with Crippen LogP contribution < -0.4 is 4.74 Å². The smallest absolute Gasteiger partial charge is 0.451 e. The number of unbranched alkanes of at least 4 members (excludes halogenated alkanes) is 1. The molecule has 2 aromatic carbocycles. The van der Waals surface area contributed by atoms with Gasteiger partial charge in [-0.2, -0.15) is 26.3 Å². The highest BCUT2D eigenvalue weighted by Gasteiger charge is 2.41. The topological polar surface area (TPSA) is 131 Å². The van der Waals surface area contributed by atoms with Gasteiger partial charge in [0, 0.05) is 88.2 Å². The second kappa shape index (κ2) is 21.7. The van der Waals surface area contributed by atoms with Gasteiger partial charge in [0.15, 0.2) is 0 Å². The van der Waals surface area contributed by atoms with Crippen LogP contribution in [0.5, 0.6) is 11.5 Å². The fourth-order valence-corrected chi connectivity index (χ4v) is 10.3. The lowest BCUT2D eigenvalue weighted by Crippen LogP contribution is -2.57. The van der Waals surface area contributed by atoms with Crippen molar-refractivity contribution in [3.63, 3.8) is 0 Å². The van der Waals surface area contributed by atoms with E-state index in [0.29, 0.717) is 51.6 Å². The normalized spacial score (nSPS) is 21.3. The number of nitrogens with zero attached hydrogens (tertiary/aromatic N) is 9. The standard InChI is InChI=1S/C28H38F3N5O2.C22H25F3N4O2/c1-19-20(2)25(38-15-6-5-12-34(3)4)11-10-23(19)24-9-7-8-22-18-35(13-14-36(22)24)26(37)21-16-32-27(33-17-21)28(29,30)31;1-13-14(2)19(30)7-6-17(13)18-5-3-4-16-12-28(8-9-29(16)18)20(31)15-10-26-21(27-11-15)22(23,24)25/h10-11,16-17,22,24H,5-9,12-15,18H2,1-4H3;6-7,10-11,16,18,30H,3-5,8-9,12H2,1-2H3/t22-,24+;16-,18+/m00/s1. The molecule has 4 atom stereocenters. The van der Waals surface area contributed by atoms with Crippen LogP contribution in [0.2, 0.25) is 0 Å². The lowest BCUT2D eigenvalue weighted by Gasteiger charge is -2.48. The monoisotopic (exact) mass is 967 g/mol. The van der Waals surface area contributed by atoms with Gasteiger partial charge in [0.2, 0.25) is 11.6 Å². The molecule has 69 heavy (non-hydrogen) atoms. The Hall–Kier alpha value is -5.40. The van der Waals surface area contributed by atoms with Crippen molar-refractivity contribution in [2.75, 3.05) is 66.5 Å². The molecule has 4 aromatic rings. The van der Waals surface area contributed by atoms with Crippen LogP contribution in [-0.2, 0) is 12.4 Å². The second-order valence-electron chi connectivity index (χ2n) is 19.0. The molecule has 0 unspecified atom stereocenters. The summed E-state index contributed by atoms with van der Waals surface area (Å²) in [6.07, 6.45) is 2.83. The molecule has 6 heterocycles. The molecule has 0 saturated carbocycles. The summed E-state index contributed by atoms with van der Waals surface area (Å²) in [5, 5.41) is 9.99. The van der Waals surface area contributed by atoms with E-state index in [1.54, 1.807) is 15.9 Å².